The Morgan fingerprint density at radius 1 is 1.06 bits per heavy atom. The quantitative estimate of drug-likeness (QED) is 0.520. The molecule has 2 aromatic rings. The number of ether oxygens (including phenoxy) is 1. The predicted molar refractivity (Wildman–Crippen MR) is 125 cm³/mol. The summed E-state index contributed by atoms with van der Waals surface area (Å²) in [5, 5.41) is 11.7. The third-order valence-corrected chi connectivity index (χ3v) is 7.64. The largest absolute Gasteiger partial charge is 0.460 e. The summed E-state index contributed by atoms with van der Waals surface area (Å²) < 4.78 is 6.99. The number of carbonyl (C=O) groups excluding carboxylic acids is 1. The smallest absolute Gasteiger partial charge is 0.343 e. The molecule has 0 bridgehead atoms. The van der Waals surface area contributed by atoms with Crippen molar-refractivity contribution in [3.8, 4) is 0 Å². The van der Waals surface area contributed by atoms with Crippen LogP contribution in [0.4, 0.5) is 0 Å². The molecule has 1 aromatic heterocycles. The molecular weight excluding hydrogens is 400 g/mol. The van der Waals surface area contributed by atoms with Crippen molar-refractivity contribution in [2.45, 2.75) is 63.1 Å². The van der Waals surface area contributed by atoms with E-state index in [0.717, 1.165) is 69.1 Å². The topological polar surface area (TPSA) is 59.4 Å². The first-order valence-corrected chi connectivity index (χ1v) is 12.2. The second-order valence-electron chi connectivity index (χ2n) is 9.97. The highest BCUT2D eigenvalue weighted by molar-refractivity contribution is 5.81. The van der Waals surface area contributed by atoms with Crippen molar-refractivity contribution >= 4 is 5.97 Å². The van der Waals surface area contributed by atoms with Crippen LogP contribution in [0.2, 0.25) is 0 Å². The fourth-order valence-corrected chi connectivity index (χ4v) is 5.43. The van der Waals surface area contributed by atoms with Gasteiger partial charge >= 0.3 is 5.97 Å². The number of quaternary nitrogens is 1. The summed E-state index contributed by atoms with van der Waals surface area (Å²) in [5.74, 6) is -0.526. The molecular formula is C27H37N2O3+. The highest BCUT2D eigenvalue weighted by Crippen LogP contribution is 2.41. The summed E-state index contributed by atoms with van der Waals surface area (Å²) in [5.41, 5.74) is 0.392. The van der Waals surface area contributed by atoms with Gasteiger partial charge in [-0.15, -0.1) is 0 Å². The van der Waals surface area contributed by atoms with E-state index in [2.05, 4.69) is 18.1 Å². The van der Waals surface area contributed by atoms with Gasteiger partial charge in [-0.25, -0.2) is 4.79 Å². The third-order valence-electron chi connectivity index (χ3n) is 7.64. The van der Waals surface area contributed by atoms with Gasteiger partial charge < -0.3 is 14.3 Å². The summed E-state index contributed by atoms with van der Waals surface area (Å²) in [6.07, 6.45) is 11.3. The van der Waals surface area contributed by atoms with Crippen LogP contribution in [0, 0.1) is 5.92 Å². The van der Waals surface area contributed by atoms with E-state index in [-0.39, 0.29) is 12.0 Å². The van der Waals surface area contributed by atoms with Gasteiger partial charge in [-0.2, -0.15) is 0 Å². The van der Waals surface area contributed by atoms with Gasteiger partial charge in [-0.1, -0.05) is 55.7 Å². The van der Waals surface area contributed by atoms with E-state index in [1.807, 2.05) is 48.8 Å². The molecule has 1 N–H and O–H groups in total. The van der Waals surface area contributed by atoms with E-state index in [1.165, 1.54) is 12.0 Å². The molecule has 0 spiro atoms. The normalized spacial score (nSPS) is 26.2. The Morgan fingerprint density at radius 2 is 1.78 bits per heavy atom. The molecule has 1 saturated heterocycles. The second-order valence-corrected chi connectivity index (χ2v) is 9.97. The van der Waals surface area contributed by atoms with Crippen molar-refractivity contribution in [1.29, 1.82) is 0 Å². The minimum absolute atomic E-state index is 0.0738. The van der Waals surface area contributed by atoms with E-state index < -0.39 is 11.6 Å². The first-order valence-electron chi connectivity index (χ1n) is 12.2. The highest BCUT2D eigenvalue weighted by Gasteiger charge is 2.48. The lowest BCUT2D eigenvalue weighted by molar-refractivity contribution is -0.914. The average Bonchev–Trinajstić information content (AvgIpc) is 2.85. The summed E-state index contributed by atoms with van der Waals surface area (Å²) >= 11 is 0. The van der Waals surface area contributed by atoms with Crippen molar-refractivity contribution in [2.75, 3.05) is 26.7 Å². The first-order chi connectivity index (χ1) is 15.5. The third kappa shape index (κ3) is 5.21. The van der Waals surface area contributed by atoms with Crippen molar-refractivity contribution < 1.29 is 19.1 Å². The number of piperidine rings is 1. The Labute approximate surface area is 192 Å². The van der Waals surface area contributed by atoms with Crippen LogP contribution in [0.5, 0.6) is 0 Å². The molecule has 4 rings (SSSR count). The number of aromatic nitrogens is 1. The van der Waals surface area contributed by atoms with E-state index in [0.29, 0.717) is 5.56 Å². The Hall–Kier alpha value is -2.24. The number of carbonyl (C=O) groups is 1. The number of pyridine rings is 1. The lowest BCUT2D eigenvalue weighted by Crippen LogP contribution is -2.53. The fraction of sp³-hybridized carbons (Fsp3) is 0.556. The van der Waals surface area contributed by atoms with Gasteiger partial charge in [0.25, 0.3) is 0 Å². The lowest BCUT2D eigenvalue weighted by atomic mass is 9.73. The molecule has 1 aromatic carbocycles. The van der Waals surface area contributed by atoms with E-state index in [4.69, 9.17) is 4.74 Å². The van der Waals surface area contributed by atoms with Crippen LogP contribution in [0.25, 0.3) is 0 Å². The zero-order valence-corrected chi connectivity index (χ0v) is 19.3. The molecule has 32 heavy (non-hydrogen) atoms. The van der Waals surface area contributed by atoms with E-state index in [1.54, 1.807) is 0 Å². The molecule has 1 aliphatic heterocycles. The minimum Gasteiger partial charge on any atom is -0.460 e. The molecule has 1 unspecified atom stereocenters. The molecule has 1 saturated carbocycles. The number of likely N-dealkylation sites (N-methyl/N-ethyl adjacent to an activating group) is 1. The lowest BCUT2D eigenvalue weighted by Gasteiger charge is -2.42. The number of benzene rings is 1. The van der Waals surface area contributed by atoms with Gasteiger partial charge in [0.1, 0.15) is 6.10 Å². The molecule has 0 radical (unpaired) electrons. The Kier molecular flexibility index (Phi) is 7.27. The summed E-state index contributed by atoms with van der Waals surface area (Å²) in [7, 11) is 2.29. The predicted octanol–water partition coefficient (Wildman–Crippen LogP) is 4.24. The standard InChI is InChI=1S/C27H37N2O3/c1-29(18-14-22-9-8-17-28-21-22)19-15-25(16-20-29)32-26(30)27(31,23-10-4-2-5-11-23)24-12-6-3-7-13-24/h2,4-5,8-11,17,21,24-25,31H,3,6-7,12-16,18-20H2,1H3/q+1. The van der Waals surface area contributed by atoms with Gasteiger partial charge in [0.05, 0.1) is 26.7 Å². The molecule has 0 amide bonds. The molecule has 172 valence electrons. The Balaban J connectivity index is 1.38. The van der Waals surface area contributed by atoms with Crippen molar-refractivity contribution in [3.63, 3.8) is 0 Å². The highest BCUT2D eigenvalue weighted by atomic mass is 16.6. The molecule has 1 aliphatic carbocycles. The van der Waals surface area contributed by atoms with Gasteiger partial charge in [-0.3, -0.25) is 4.98 Å². The number of aliphatic hydroxyl groups is 1. The maximum atomic E-state index is 13.4. The SMILES string of the molecule is C[N+]1(CCc2cccnc2)CCC(OC(=O)C(O)(c2ccccc2)C2CCCCC2)CC1. The van der Waals surface area contributed by atoms with Crippen molar-refractivity contribution in [1.82, 2.24) is 4.98 Å². The van der Waals surface area contributed by atoms with Gasteiger partial charge in [0, 0.05) is 37.6 Å². The summed E-state index contributed by atoms with van der Waals surface area (Å²) in [6, 6.07) is 13.5. The number of hydrogen-bond acceptors (Lipinski definition) is 4. The van der Waals surface area contributed by atoms with Crippen LogP contribution in [0.15, 0.2) is 54.9 Å². The monoisotopic (exact) mass is 437 g/mol. The van der Waals surface area contributed by atoms with Crippen molar-refractivity contribution in [3.05, 3.63) is 66.0 Å². The average molecular weight is 438 g/mol. The van der Waals surface area contributed by atoms with Crippen molar-refractivity contribution in [2.24, 2.45) is 5.92 Å². The number of nitrogens with zero attached hydrogens (tertiary/aromatic N) is 2. The maximum Gasteiger partial charge on any atom is 0.343 e. The van der Waals surface area contributed by atoms with Crippen LogP contribution in [-0.2, 0) is 21.6 Å². The van der Waals surface area contributed by atoms with E-state index >= 15 is 0 Å². The maximum absolute atomic E-state index is 13.4. The zero-order chi connectivity index (χ0) is 22.4. The molecule has 5 heteroatoms. The van der Waals surface area contributed by atoms with Crippen LogP contribution in [0.3, 0.4) is 0 Å². The molecule has 2 heterocycles. The summed E-state index contributed by atoms with van der Waals surface area (Å²) in [4.78, 5) is 17.6. The zero-order valence-electron chi connectivity index (χ0n) is 19.3. The molecule has 2 aliphatic rings. The molecule has 2 fully saturated rings. The number of likely N-dealkylation sites (tertiary alicyclic amines) is 1. The van der Waals surface area contributed by atoms with Gasteiger partial charge in [0.15, 0.2) is 5.60 Å². The number of esters is 1. The molecule has 1 atom stereocenters. The van der Waals surface area contributed by atoms with Crippen LogP contribution in [0.1, 0.15) is 56.1 Å². The minimum atomic E-state index is -1.54. The Morgan fingerprint density at radius 3 is 2.44 bits per heavy atom. The van der Waals surface area contributed by atoms with Crippen LogP contribution in [-0.4, -0.2) is 53.3 Å². The number of hydrogen-bond donors (Lipinski definition) is 1. The number of rotatable bonds is 7. The van der Waals surface area contributed by atoms with Crippen LogP contribution >= 0.6 is 0 Å². The van der Waals surface area contributed by atoms with Gasteiger partial charge in [0.2, 0.25) is 0 Å². The van der Waals surface area contributed by atoms with Crippen LogP contribution < -0.4 is 0 Å². The van der Waals surface area contributed by atoms with Gasteiger partial charge in [-0.05, 0) is 30.0 Å². The van der Waals surface area contributed by atoms with E-state index in [9.17, 15) is 9.90 Å². The first kappa shape index (κ1) is 22.9. The molecule has 5 nitrogen and oxygen atoms in total. The Bertz CT molecular complexity index is 859. The fourth-order valence-electron chi connectivity index (χ4n) is 5.43. The second kappa shape index (κ2) is 10.1. The summed E-state index contributed by atoms with van der Waals surface area (Å²) in [6.45, 7) is 3.01.